The lowest BCUT2D eigenvalue weighted by atomic mass is 9.88. The number of ether oxygens (including phenoxy) is 1. The van der Waals surface area contributed by atoms with Gasteiger partial charge in [-0.2, -0.15) is 0 Å². The number of hydrogen-bond donors (Lipinski definition) is 0. The molecule has 10 heteroatoms. The van der Waals surface area contributed by atoms with Crippen molar-refractivity contribution in [3.8, 4) is 0 Å². The monoisotopic (exact) mass is 456 g/mol. The van der Waals surface area contributed by atoms with E-state index >= 15 is 4.39 Å². The summed E-state index contributed by atoms with van der Waals surface area (Å²) in [5, 5.41) is 7.64. The summed E-state index contributed by atoms with van der Waals surface area (Å²) in [6.07, 6.45) is 7.88. The molecule has 3 fully saturated rings. The fourth-order valence-electron chi connectivity index (χ4n) is 5.06. The Balaban J connectivity index is 1.19. The second kappa shape index (κ2) is 9.36. The van der Waals surface area contributed by atoms with Crippen molar-refractivity contribution in [2.24, 2.45) is 5.92 Å². The predicted octanol–water partition coefficient (Wildman–Crippen LogP) is 2.67. The highest BCUT2D eigenvalue weighted by molar-refractivity contribution is 5.90. The second-order valence-corrected chi connectivity index (χ2v) is 9.02. The van der Waals surface area contributed by atoms with Crippen LogP contribution in [0.3, 0.4) is 0 Å². The van der Waals surface area contributed by atoms with Crippen LogP contribution in [0.4, 0.5) is 20.6 Å². The van der Waals surface area contributed by atoms with Crippen LogP contribution in [0, 0.1) is 11.7 Å². The number of piperazine rings is 1. The molecule has 1 aromatic heterocycles. The molecule has 3 aliphatic rings. The Morgan fingerprint density at radius 1 is 1.12 bits per heavy atom. The molecule has 2 aromatic rings. The van der Waals surface area contributed by atoms with E-state index in [1.165, 1.54) is 17.4 Å². The number of halogens is 1. The molecule has 0 unspecified atom stereocenters. The van der Waals surface area contributed by atoms with E-state index in [9.17, 15) is 9.59 Å². The van der Waals surface area contributed by atoms with Gasteiger partial charge < -0.3 is 14.5 Å². The molecule has 2 aliphatic heterocycles. The van der Waals surface area contributed by atoms with Gasteiger partial charge >= 0.3 is 6.09 Å². The van der Waals surface area contributed by atoms with Crippen molar-refractivity contribution in [1.82, 2.24) is 19.9 Å². The molecular formula is C23H29FN6O3. The molecule has 1 aromatic carbocycles. The maximum atomic E-state index is 15.0. The number of carbonyl (C=O) groups excluding carboxylic acids is 2. The lowest BCUT2D eigenvalue weighted by Crippen LogP contribution is -2.50. The lowest BCUT2D eigenvalue weighted by molar-refractivity contribution is -0.136. The Bertz CT molecular complexity index is 986. The number of benzene rings is 1. The second-order valence-electron chi connectivity index (χ2n) is 9.02. The third-order valence-electron chi connectivity index (χ3n) is 6.87. The maximum Gasteiger partial charge on any atom is 0.414 e. The van der Waals surface area contributed by atoms with E-state index in [1.54, 1.807) is 29.2 Å². The Morgan fingerprint density at radius 2 is 1.91 bits per heavy atom. The summed E-state index contributed by atoms with van der Waals surface area (Å²) in [5.41, 5.74) is 0.962. The Morgan fingerprint density at radius 3 is 2.61 bits per heavy atom. The highest BCUT2D eigenvalue weighted by Crippen LogP contribution is 2.30. The minimum atomic E-state index is -0.498. The van der Waals surface area contributed by atoms with Gasteiger partial charge in [-0.05, 0) is 31.0 Å². The van der Waals surface area contributed by atoms with Crippen LogP contribution in [-0.2, 0) is 16.1 Å². The topological polar surface area (TPSA) is 83.8 Å². The minimum absolute atomic E-state index is 0.162. The maximum absolute atomic E-state index is 15.0. The van der Waals surface area contributed by atoms with E-state index in [0.717, 1.165) is 25.7 Å². The summed E-state index contributed by atoms with van der Waals surface area (Å²) in [4.78, 5) is 30.5. The van der Waals surface area contributed by atoms with Crippen molar-refractivity contribution in [3.63, 3.8) is 0 Å². The molecule has 176 valence electrons. The number of cyclic esters (lactones) is 1. The molecule has 0 bridgehead atoms. The van der Waals surface area contributed by atoms with E-state index in [-0.39, 0.29) is 23.7 Å². The third-order valence-corrected chi connectivity index (χ3v) is 6.87. The molecule has 1 saturated carbocycles. The Labute approximate surface area is 192 Å². The van der Waals surface area contributed by atoms with Gasteiger partial charge in [0.15, 0.2) is 0 Å². The smallest absolute Gasteiger partial charge is 0.414 e. The molecule has 9 nitrogen and oxygen atoms in total. The van der Waals surface area contributed by atoms with Crippen molar-refractivity contribution >= 4 is 23.4 Å². The average Bonchev–Trinajstić information content (AvgIpc) is 3.49. The summed E-state index contributed by atoms with van der Waals surface area (Å²) in [7, 11) is 0. The number of nitrogens with zero attached hydrogens (tertiary/aromatic N) is 6. The first kappa shape index (κ1) is 21.7. The van der Waals surface area contributed by atoms with Gasteiger partial charge in [-0.3, -0.25) is 9.69 Å². The number of aromatic nitrogens is 3. The first-order valence-electron chi connectivity index (χ1n) is 11.7. The summed E-state index contributed by atoms with van der Waals surface area (Å²) in [6.45, 7) is 3.13. The van der Waals surface area contributed by atoms with Crippen LogP contribution in [-0.4, -0.2) is 70.7 Å². The van der Waals surface area contributed by atoms with E-state index in [0.29, 0.717) is 50.6 Å². The van der Waals surface area contributed by atoms with Gasteiger partial charge in [-0.1, -0.05) is 24.5 Å². The lowest BCUT2D eigenvalue weighted by Gasteiger charge is -2.38. The van der Waals surface area contributed by atoms with Crippen molar-refractivity contribution in [2.75, 3.05) is 42.5 Å². The predicted molar refractivity (Wildman–Crippen MR) is 119 cm³/mol. The SMILES string of the molecule is O=C(C1CCCCC1)N1CCN(c2ccc(N3C[C@H](Cn4ccnn4)OC3=O)cc2F)CC1. The van der Waals surface area contributed by atoms with Crippen LogP contribution < -0.4 is 9.80 Å². The number of anilines is 2. The fourth-order valence-corrected chi connectivity index (χ4v) is 5.06. The van der Waals surface area contributed by atoms with Crippen molar-refractivity contribution < 1.29 is 18.7 Å². The highest BCUT2D eigenvalue weighted by atomic mass is 19.1. The zero-order valence-corrected chi connectivity index (χ0v) is 18.6. The van der Waals surface area contributed by atoms with Crippen LogP contribution in [0.1, 0.15) is 32.1 Å². The van der Waals surface area contributed by atoms with Gasteiger partial charge in [0.2, 0.25) is 5.91 Å². The van der Waals surface area contributed by atoms with E-state index in [2.05, 4.69) is 10.3 Å². The molecule has 0 N–H and O–H groups in total. The van der Waals surface area contributed by atoms with Crippen molar-refractivity contribution in [3.05, 3.63) is 36.4 Å². The summed E-state index contributed by atoms with van der Waals surface area (Å²) >= 11 is 0. The number of carbonyl (C=O) groups is 2. The molecule has 3 heterocycles. The van der Waals surface area contributed by atoms with Gasteiger partial charge in [0.05, 0.1) is 30.7 Å². The van der Waals surface area contributed by atoms with Crippen LogP contribution in [0.2, 0.25) is 0 Å². The first-order valence-corrected chi connectivity index (χ1v) is 11.7. The van der Waals surface area contributed by atoms with Crippen LogP contribution in [0.15, 0.2) is 30.6 Å². The van der Waals surface area contributed by atoms with Gasteiger partial charge in [-0.15, -0.1) is 5.10 Å². The van der Waals surface area contributed by atoms with E-state index in [1.807, 2.05) is 9.80 Å². The molecular weight excluding hydrogens is 427 g/mol. The van der Waals surface area contributed by atoms with Gasteiger partial charge in [-0.25, -0.2) is 13.9 Å². The molecule has 0 spiro atoms. The van der Waals surface area contributed by atoms with E-state index < -0.39 is 6.09 Å². The van der Waals surface area contributed by atoms with Gasteiger partial charge in [0.25, 0.3) is 0 Å². The zero-order valence-electron chi connectivity index (χ0n) is 18.6. The Hall–Kier alpha value is -3.17. The molecule has 2 amide bonds. The van der Waals surface area contributed by atoms with Crippen LogP contribution in [0.5, 0.6) is 0 Å². The largest absolute Gasteiger partial charge is 0.442 e. The third kappa shape index (κ3) is 4.65. The molecule has 5 rings (SSSR count). The first-order chi connectivity index (χ1) is 16.1. The summed E-state index contributed by atoms with van der Waals surface area (Å²) in [5.74, 6) is 0.0418. The highest BCUT2D eigenvalue weighted by Gasteiger charge is 2.34. The standard InChI is InChI=1S/C23H29FN6O3/c24-20-14-18(30-16-19(33-23(30)32)15-29-9-8-25-26-29)6-7-21(20)27-10-12-28(13-11-27)22(31)17-4-2-1-3-5-17/h6-9,14,17,19H,1-5,10-13,15-16H2/t19-/m0/s1. The fraction of sp³-hybridized carbons (Fsp3) is 0.565. The summed E-state index contributed by atoms with van der Waals surface area (Å²) < 4.78 is 22.0. The molecule has 1 atom stereocenters. The normalized spacial score (nSPS) is 22.0. The molecule has 2 saturated heterocycles. The minimum Gasteiger partial charge on any atom is -0.442 e. The average molecular weight is 457 g/mol. The molecule has 1 aliphatic carbocycles. The number of rotatable bonds is 5. The molecule has 0 radical (unpaired) electrons. The number of hydrogen-bond acceptors (Lipinski definition) is 6. The summed E-state index contributed by atoms with van der Waals surface area (Å²) in [6, 6.07) is 4.84. The quantitative estimate of drug-likeness (QED) is 0.688. The zero-order chi connectivity index (χ0) is 22.8. The van der Waals surface area contributed by atoms with Crippen LogP contribution in [0.25, 0.3) is 0 Å². The molecule has 33 heavy (non-hydrogen) atoms. The Kier molecular flexibility index (Phi) is 6.15. The number of amides is 2. The van der Waals surface area contributed by atoms with Crippen molar-refractivity contribution in [2.45, 2.75) is 44.8 Å². The van der Waals surface area contributed by atoms with Crippen LogP contribution >= 0.6 is 0 Å². The van der Waals surface area contributed by atoms with E-state index in [4.69, 9.17) is 4.74 Å². The van der Waals surface area contributed by atoms with Gasteiger partial charge in [0.1, 0.15) is 11.9 Å². The van der Waals surface area contributed by atoms with Gasteiger partial charge in [0, 0.05) is 38.3 Å². The van der Waals surface area contributed by atoms with Crippen molar-refractivity contribution in [1.29, 1.82) is 0 Å².